The van der Waals surface area contributed by atoms with Gasteiger partial charge in [-0.25, -0.2) is 14.5 Å². The quantitative estimate of drug-likeness (QED) is 0.660. The van der Waals surface area contributed by atoms with Crippen LogP contribution in [0.5, 0.6) is 0 Å². The van der Waals surface area contributed by atoms with Crippen molar-refractivity contribution in [2.45, 2.75) is 0 Å². The Morgan fingerprint density at radius 3 is 3.00 bits per heavy atom. The van der Waals surface area contributed by atoms with Crippen LogP contribution in [-0.4, -0.2) is 19.6 Å². The van der Waals surface area contributed by atoms with Crippen LogP contribution >= 0.6 is 0 Å². The lowest BCUT2D eigenvalue weighted by Crippen LogP contribution is -1.94. The zero-order valence-corrected chi connectivity index (χ0v) is 8.41. The molecule has 0 atom stereocenters. The molecule has 3 rings (SSSR count). The molecule has 0 saturated heterocycles. The van der Waals surface area contributed by atoms with Crippen molar-refractivity contribution in [1.82, 2.24) is 19.6 Å². The van der Waals surface area contributed by atoms with Crippen molar-refractivity contribution in [3.8, 4) is 11.4 Å². The number of nitrogen functional groups attached to an aromatic ring is 1. The SMILES string of the molecule is Nc1ccnc(-c2cnn3ccccc23)n1. The van der Waals surface area contributed by atoms with Crippen LogP contribution < -0.4 is 5.73 Å². The third-order valence-electron chi connectivity index (χ3n) is 2.34. The zero-order chi connectivity index (χ0) is 11.0. The summed E-state index contributed by atoms with van der Waals surface area (Å²) in [4.78, 5) is 8.37. The molecule has 5 heteroatoms. The summed E-state index contributed by atoms with van der Waals surface area (Å²) in [5.41, 5.74) is 7.48. The van der Waals surface area contributed by atoms with Crippen LogP contribution in [0.25, 0.3) is 16.9 Å². The number of rotatable bonds is 1. The number of pyridine rings is 1. The summed E-state index contributed by atoms with van der Waals surface area (Å²) in [6, 6.07) is 7.50. The lowest BCUT2D eigenvalue weighted by Gasteiger charge is -1.98. The van der Waals surface area contributed by atoms with Crippen LogP contribution in [0, 0.1) is 0 Å². The van der Waals surface area contributed by atoms with Gasteiger partial charge in [-0.15, -0.1) is 0 Å². The van der Waals surface area contributed by atoms with E-state index in [9.17, 15) is 0 Å². The minimum Gasteiger partial charge on any atom is -0.384 e. The van der Waals surface area contributed by atoms with Crippen LogP contribution in [0.4, 0.5) is 5.82 Å². The highest BCUT2D eigenvalue weighted by Gasteiger charge is 2.08. The van der Waals surface area contributed by atoms with Gasteiger partial charge < -0.3 is 5.73 Å². The summed E-state index contributed by atoms with van der Waals surface area (Å²) in [6.45, 7) is 0. The summed E-state index contributed by atoms with van der Waals surface area (Å²) in [5, 5.41) is 4.22. The van der Waals surface area contributed by atoms with Gasteiger partial charge in [-0.05, 0) is 18.2 Å². The summed E-state index contributed by atoms with van der Waals surface area (Å²) in [6.07, 6.45) is 5.26. The number of hydrogen-bond donors (Lipinski definition) is 1. The van der Waals surface area contributed by atoms with Crippen molar-refractivity contribution in [2.75, 3.05) is 5.73 Å². The number of hydrogen-bond acceptors (Lipinski definition) is 4. The molecule has 3 heterocycles. The molecule has 3 aromatic rings. The molecule has 0 aliphatic rings. The molecule has 2 N–H and O–H groups in total. The second-order valence-electron chi connectivity index (χ2n) is 3.39. The van der Waals surface area contributed by atoms with Crippen molar-refractivity contribution in [1.29, 1.82) is 0 Å². The predicted octanol–water partition coefficient (Wildman–Crippen LogP) is 1.37. The first kappa shape index (κ1) is 8.84. The molecule has 5 nitrogen and oxygen atoms in total. The normalized spacial score (nSPS) is 10.8. The van der Waals surface area contributed by atoms with E-state index in [2.05, 4.69) is 15.1 Å². The Morgan fingerprint density at radius 2 is 2.12 bits per heavy atom. The lowest BCUT2D eigenvalue weighted by atomic mass is 10.2. The average molecular weight is 211 g/mol. The predicted molar refractivity (Wildman–Crippen MR) is 60.6 cm³/mol. The Balaban J connectivity index is 2.26. The summed E-state index contributed by atoms with van der Waals surface area (Å²) in [5.74, 6) is 1.06. The van der Waals surface area contributed by atoms with E-state index in [0.29, 0.717) is 11.6 Å². The molecule has 0 amide bonds. The van der Waals surface area contributed by atoms with Gasteiger partial charge in [-0.3, -0.25) is 0 Å². The van der Waals surface area contributed by atoms with Crippen LogP contribution in [0.2, 0.25) is 0 Å². The highest BCUT2D eigenvalue weighted by atomic mass is 15.2. The Kier molecular flexibility index (Phi) is 1.83. The van der Waals surface area contributed by atoms with Gasteiger partial charge in [-0.2, -0.15) is 5.10 Å². The van der Waals surface area contributed by atoms with Gasteiger partial charge in [0.25, 0.3) is 0 Å². The molecule has 0 fully saturated rings. The van der Waals surface area contributed by atoms with E-state index in [1.807, 2.05) is 24.4 Å². The summed E-state index contributed by atoms with van der Waals surface area (Å²) >= 11 is 0. The van der Waals surface area contributed by atoms with Gasteiger partial charge in [0.2, 0.25) is 0 Å². The first-order valence-corrected chi connectivity index (χ1v) is 4.86. The van der Waals surface area contributed by atoms with Crippen molar-refractivity contribution >= 4 is 11.3 Å². The number of nitrogens with zero attached hydrogens (tertiary/aromatic N) is 4. The van der Waals surface area contributed by atoms with Crippen LogP contribution in [0.15, 0.2) is 42.9 Å². The van der Waals surface area contributed by atoms with E-state index in [1.165, 1.54) is 0 Å². The molecule has 0 aliphatic carbocycles. The molecule has 0 aromatic carbocycles. The standard InChI is InChI=1S/C11H9N5/c12-10-4-5-13-11(15-10)8-7-14-16-6-2-1-3-9(8)16/h1-7H,(H2,12,13,15). The largest absolute Gasteiger partial charge is 0.384 e. The average Bonchev–Trinajstić information content (AvgIpc) is 2.72. The first-order valence-electron chi connectivity index (χ1n) is 4.86. The number of nitrogens with two attached hydrogens (primary N) is 1. The zero-order valence-electron chi connectivity index (χ0n) is 8.41. The molecule has 3 aromatic heterocycles. The van der Waals surface area contributed by atoms with E-state index < -0.39 is 0 Å². The molecule has 0 spiro atoms. The molecule has 0 saturated carbocycles. The third-order valence-corrected chi connectivity index (χ3v) is 2.34. The fraction of sp³-hybridized carbons (Fsp3) is 0. The second-order valence-corrected chi connectivity index (χ2v) is 3.39. The third kappa shape index (κ3) is 1.30. The highest BCUT2D eigenvalue weighted by molar-refractivity contribution is 5.75. The van der Waals surface area contributed by atoms with Crippen LogP contribution in [0.1, 0.15) is 0 Å². The topological polar surface area (TPSA) is 69.1 Å². The van der Waals surface area contributed by atoms with E-state index in [1.54, 1.807) is 23.0 Å². The smallest absolute Gasteiger partial charge is 0.165 e. The van der Waals surface area contributed by atoms with Crippen molar-refractivity contribution < 1.29 is 0 Å². The van der Waals surface area contributed by atoms with Gasteiger partial charge in [-0.1, -0.05) is 6.07 Å². The summed E-state index contributed by atoms with van der Waals surface area (Å²) in [7, 11) is 0. The molecule has 0 bridgehead atoms. The van der Waals surface area contributed by atoms with Gasteiger partial charge in [0.15, 0.2) is 5.82 Å². The van der Waals surface area contributed by atoms with Crippen molar-refractivity contribution in [3.63, 3.8) is 0 Å². The van der Waals surface area contributed by atoms with Gasteiger partial charge in [0.05, 0.1) is 17.3 Å². The maximum Gasteiger partial charge on any atom is 0.165 e. The van der Waals surface area contributed by atoms with Crippen LogP contribution in [-0.2, 0) is 0 Å². The Labute approximate surface area is 91.6 Å². The molecule has 0 radical (unpaired) electrons. The minimum absolute atomic E-state index is 0.459. The Hall–Kier alpha value is -2.43. The fourth-order valence-corrected chi connectivity index (χ4v) is 1.61. The van der Waals surface area contributed by atoms with E-state index >= 15 is 0 Å². The number of anilines is 1. The maximum absolute atomic E-state index is 5.63. The van der Waals surface area contributed by atoms with Gasteiger partial charge in [0.1, 0.15) is 5.82 Å². The molecule has 78 valence electrons. The Bertz CT molecular complexity index is 643. The highest BCUT2D eigenvalue weighted by Crippen LogP contribution is 2.20. The van der Waals surface area contributed by atoms with Gasteiger partial charge in [0, 0.05) is 12.4 Å². The maximum atomic E-state index is 5.63. The van der Waals surface area contributed by atoms with E-state index in [0.717, 1.165) is 11.1 Å². The molecular weight excluding hydrogens is 202 g/mol. The second kappa shape index (κ2) is 3.30. The van der Waals surface area contributed by atoms with Crippen molar-refractivity contribution in [3.05, 3.63) is 42.9 Å². The lowest BCUT2D eigenvalue weighted by molar-refractivity contribution is 0.961. The fourth-order valence-electron chi connectivity index (χ4n) is 1.61. The molecule has 0 unspecified atom stereocenters. The Morgan fingerprint density at radius 1 is 1.19 bits per heavy atom. The summed E-state index contributed by atoms with van der Waals surface area (Å²) < 4.78 is 1.78. The number of fused-ring (bicyclic) bond motifs is 1. The molecule has 16 heavy (non-hydrogen) atoms. The van der Waals surface area contributed by atoms with E-state index in [4.69, 9.17) is 5.73 Å². The van der Waals surface area contributed by atoms with E-state index in [-0.39, 0.29) is 0 Å². The van der Waals surface area contributed by atoms with Gasteiger partial charge >= 0.3 is 0 Å². The monoisotopic (exact) mass is 211 g/mol. The first-order chi connectivity index (χ1) is 7.84. The molecular formula is C11H9N5. The van der Waals surface area contributed by atoms with Crippen molar-refractivity contribution in [2.24, 2.45) is 0 Å². The molecule has 0 aliphatic heterocycles. The number of aromatic nitrogens is 4. The minimum atomic E-state index is 0.459. The van der Waals surface area contributed by atoms with Crippen LogP contribution in [0.3, 0.4) is 0 Å².